The van der Waals surface area contributed by atoms with Gasteiger partial charge in [-0.2, -0.15) is 0 Å². The van der Waals surface area contributed by atoms with Crippen molar-refractivity contribution >= 4 is 17.7 Å². The van der Waals surface area contributed by atoms with Crippen molar-refractivity contribution in [3.05, 3.63) is 35.4 Å². The van der Waals surface area contributed by atoms with Crippen LogP contribution in [0.1, 0.15) is 15.9 Å². The van der Waals surface area contributed by atoms with Gasteiger partial charge in [-0.25, -0.2) is 4.79 Å². The van der Waals surface area contributed by atoms with Crippen LogP contribution in [0.25, 0.3) is 6.08 Å². The Morgan fingerprint density at radius 2 is 2.31 bits per heavy atom. The van der Waals surface area contributed by atoms with E-state index in [0.29, 0.717) is 5.56 Å². The maximum Gasteiger partial charge on any atom is 0.335 e. The topological polar surface area (TPSA) is 49.3 Å². The summed E-state index contributed by atoms with van der Waals surface area (Å²) in [5.74, 6) is -0.887. The zero-order valence-electron chi connectivity index (χ0n) is 6.95. The molecule has 2 rings (SSSR count). The molecule has 0 saturated carbocycles. The third-order valence-corrected chi connectivity index (χ3v) is 2.01. The smallest absolute Gasteiger partial charge is 0.335 e. The second kappa shape index (κ2) is 2.94. The summed E-state index contributed by atoms with van der Waals surface area (Å²) in [4.78, 5) is 10.6. The average Bonchev–Trinajstić information content (AvgIpc) is 2.17. The van der Waals surface area contributed by atoms with Gasteiger partial charge in [-0.05, 0) is 23.8 Å². The number of nitrogens with one attached hydrogen (secondary N) is 1. The van der Waals surface area contributed by atoms with E-state index in [1.54, 1.807) is 18.2 Å². The zero-order chi connectivity index (χ0) is 9.26. The van der Waals surface area contributed by atoms with E-state index < -0.39 is 5.97 Å². The highest BCUT2D eigenvalue weighted by Gasteiger charge is 2.07. The molecule has 0 amide bonds. The fraction of sp³-hybridized carbons (Fsp3) is 0.100. The fourth-order valence-corrected chi connectivity index (χ4v) is 1.35. The maximum atomic E-state index is 10.6. The summed E-state index contributed by atoms with van der Waals surface area (Å²) in [6.45, 7) is 0.805. The van der Waals surface area contributed by atoms with Crippen LogP contribution in [0, 0.1) is 0 Å². The van der Waals surface area contributed by atoms with E-state index in [9.17, 15) is 4.79 Å². The summed E-state index contributed by atoms with van der Waals surface area (Å²) in [5.41, 5.74) is 2.26. The van der Waals surface area contributed by atoms with Crippen molar-refractivity contribution in [3.8, 4) is 0 Å². The molecule has 0 bridgehead atoms. The predicted molar refractivity (Wildman–Crippen MR) is 50.9 cm³/mol. The van der Waals surface area contributed by atoms with E-state index in [2.05, 4.69) is 5.32 Å². The first kappa shape index (κ1) is 7.86. The number of fused-ring (bicyclic) bond motifs is 1. The standard InChI is InChI=1S/C10H9NO2/c12-10(13)8-3-4-9-7(6-8)2-1-5-11-9/h1-4,6,11H,5H2,(H,12,13). The Morgan fingerprint density at radius 1 is 1.46 bits per heavy atom. The molecule has 13 heavy (non-hydrogen) atoms. The van der Waals surface area contributed by atoms with Crippen LogP contribution in [0.5, 0.6) is 0 Å². The molecule has 3 heteroatoms. The molecule has 0 aromatic heterocycles. The largest absolute Gasteiger partial charge is 0.478 e. The Balaban J connectivity index is 2.48. The fourth-order valence-electron chi connectivity index (χ4n) is 1.35. The van der Waals surface area contributed by atoms with Crippen LogP contribution < -0.4 is 5.32 Å². The quantitative estimate of drug-likeness (QED) is 0.684. The van der Waals surface area contributed by atoms with Gasteiger partial charge in [0.1, 0.15) is 0 Å². The molecule has 3 nitrogen and oxygen atoms in total. The number of anilines is 1. The number of aromatic carboxylic acids is 1. The zero-order valence-corrected chi connectivity index (χ0v) is 6.95. The molecular weight excluding hydrogens is 166 g/mol. The van der Waals surface area contributed by atoms with Crippen molar-refractivity contribution < 1.29 is 9.90 Å². The van der Waals surface area contributed by atoms with E-state index in [1.807, 2.05) is 12.2 Å². The molecule has 0 radical (unpaired) electrons. The van der Waals surface area contributed by atoms with Gasteiger partial charge < -0.3 is 10.4 Å². The Morgan fingerprint density at radius 3 is 3.08 bits per heavy atom. The molecule has 2 N–H and O–H groups in total. The second-order valence-electron chi connectivity index (χ2n) is 2.89. The highest BCUT2D eigenvalue weighted by atomic mass is 16.4. The maximum absolute atomic E-state index is 10.6. The molecule has 0 atom stereocenters. The molecule has 1 aliphatic heterocycles. The molecule has 1 aromatic carbocycles. The molecular formula is C10H9NO2. The van der Waals surface area contributed by atoms with Gasteiger partial charge in [0.05, 0.1) is 5.56 Å². The molecule has 0 saturated heterocycles. The SMILES string of the molecule is O=C(O)c1ccc2c(c1)C=CCN2. The highest BCUT2D eigenvalue weighted by molar-refractivity contribution is 5.90. The summed E-state index contributed by atoms with van der Waals surface area (Å²) >= 11 is 0. The Bertz CT molecular complexity index is 383. The van der Waals surface area contributed by atoms with Crippen LogP contribution in [0.3, 0.4) is 0 Å². The minimum atomic E-state index is -0.887. The van der Waals surface area contributed by atoms with Crippen LogP contribution in [0.4, 0.5) is 5.69 Å². The van der Waals surface area contributed by atoms with E-state index in [0.717, 1.165) is 17.8 Å². The number of hydrogen-bond donors (Lipinski definition) is 2. The number of carboxylic acids is 1. The van der Waals surface area contributed by atoms with Crippen molar-refractivity contribution in [2.24, 2.45) is 0 Å². The van der Waals surface area contributed by atoms with Gasteiger partial charge >= 0.3 is 5.97 Å². The first-order chi connectivity index (χ1) is 6.27. The van der Waals surface area contributed by atoms with E-state index >= 15 is 0 Å². The predicted octanol–water partition coefficient (Wildman–Crippen LogP) is 1.82. The summed E-state index contributed by atoms with van der Waals surface area (Å²) in [6.07, 6.45) is 3.90. The summed E-state index contributed by atoms with van der Waals surface area (Å²) in [7, 11) is 0. The van der Waals surface area contributed by atoms with Crippen LogP contribution >= 0.6 is 0 Å². The molecule has 0 aliphatic carbocycles. The van der Waals surface area contributed by atoms with Gasteiger partial charge in [-0.1, -0.05) is 12.2 Å². The van der Waals surface area contributed by atoms with Crippen LogP contribution in [-0.2, 0) is 0 Å². The summed E-state index contributed by atoms with van der Waals surface area (Å²) in [6, 6.07) is 5.07. The van der Waals surface area contributed by atoms with Crippen molar-refractivity contribution in [2.45, 2.75) is 0 Å². The Kier molecular flexibility index (Phi) is 1.77. The minimum absolute atomic E-state index is 0.326. The molecule has 0 spiro atoms. The lowest BCUT2D eigenvalue weighted by Gasteiger charge is -2.12. The second-order valence-corrected chi connectivity index (χ2v) is 2.89. The number of carbonyl (C=O) groups is 1. The monoisotopic (exact) mass is 175 g/mol. The average molecular weight is 175 g/mol. The molecule has 1 aliphatic rings. The van der Waals surface area contributed by atoms with Gasteiger partial charge in [0.25, 0.3) is 0 Å². The molecule has 0 unspecified atom stereocenters. The summed E-state index contributed by atoms with van der Waals surface area (Å²) < 4.78 is 0. The van der Waals surface area contributed by atoms with Crippen LogP contribution in [-0.4, -0.2) is 17.6 Å². The number of carboxylic acid groups (broad SMARTS) is 1. The third kappa shape index (κ3) is 1.40. The highest BCUT2D eigenvalue weighted by Crippen LogP contribution is 2.21. The lowest BCUT2D eigenvalue weighted by atomic mass is 10.1. The van der Waals surface area contributed by atoms with Crippen LogP contribution in [0.2, 0.25) is 0 Å². The normalized spacial score (nSPS) is 13.2. The number of hydrogen-bond acceptors (Lipinski definition) is 2. The van der Waals surface area contributed by atoms with Gasteiger partial charge in [-0.15, -0.1) is 0 Å². The van der Waals surface area contributed by atoms with E-state index in [4.69, 9.17) is 5.11 Å². The van der Waals surface area contributed by atoms with Crippen molar-refractivity contribution in [2.75, 3.05) is 11.9 Å². The van der Waals surface area contributed by atoms with Gasteiger partial charge in [-0.3, -0.25) is 0 Å². The van der Waals surface area contributed by atoms with E-state index in [1.165, 1.54) is 0 Å². The lowest BCUT2D eigenvalue weighted by Crippen LogP contribution is -2.05. The Labute approximate surface area is 75.7 Å². The van der Waals surface area contributed by atoms with Crippen molar-refractivity contribution in [1.29, 1.82) is 0 Å². The van der Waals surface area contributed by atoms with Crippen molar-refractivity contribution in [1.82, 2.24) is 0 Å². The Hall–Kier alpha value is -1.77. The lowest BCUT2D eigenvalue weighted by molar-refractivity contribution is 0.0697. The first-order valence-corrected chi connectivity index (χ1v) is 4.05. The molecule has 1 aromatic rings. The minimum Gasteiger partial charge on any atom is -0.478 e. The van der Waals surface area contributed by atoms with Crippen molar-refractivity contribution in [3.63, 3.8) is 0 Å². The summed E-state index contributed by atoms with van der Waals surface area (Å²) in [5, 5.41) is 11.9. The van der Waals surface area contributed by atoms with Gasteiger partial charge in [0.15, 0.2) is 0 Å². The van der Waals surface area contributed by atoms with E-state index in [-0.39, 0.29) is 0 Å². The first-order valence-electron chi connectivity index (χ1n) is 4.05. The van der Waals surface area contributed by atoms with Gasteiger partial charge in [0, 0.05) is 12.2 Å². The third-order valence-electron chi connectivity index (χ3n) is 2.01. The molecule has 1 heterocycles. The van der Waals surface area contributed by atoms with Crippen LogP contribution in [0.15, 0.2) is 24.3 Å². The van der Waals surface area contributed by atoms with Gasteiger partial charge in [0.2, 0.25) is 0 Å². The molecule has 66 valence electrons. The molecule has 0 fully saturated rings. The number of benzene rings is 1. The number of rotatable bonds is 1.